The van der Waals surface area contributed by atoms with E-state index < -0.39 is 0 Å². The molecule has 4 aromatic rings. The molecular weight excluding hydrogens is 380 g/mol. The van der Waals surface area contributed by atoms with Gasteiger partial charge in [0.1, 0.15) is 5.69 Å². The van der Waals surface area contributed by atoms with Crippen LogP contribution in [0.4, 0.5) is 5.13 Å². The Morgan fingerprint density at radius 2 is 1.90 bits per heavy atom. The van der Waals surface area contributed by atoms with Crippen LogP contribution in [0.2, 0.25) is 0 Å². The van der Waals surface area contributed by atoms with Crippen LogP contribution in [-0.4, -0.2) is 20.4 Å². The van der Waals surface area contributed by atoms with Crippen LogP contribution < -0.4 is 5.32 Å². The monoisotopic (exact) mass is 400 g/mol. The molecule has 0 unspecified atom stereocenters. The van der Waals surface area contributed by atoms with Crippen molar-refractivity contribution < 1.29 is 4.79 Å². The predicted molar refractivity (Wildman–Crippen MR) is 117 cm³/mol. The zero-order valence-electron chi connectivity index (χ0n) is 15.7. The van der Waals surface area contributed by atoms with Gasteiger partial charge in [-0.1, -0.05) is 42.5 Å². The van der Waals surface area contributed by atoms with Gasteiger partial charge in [0, 0.05) is 36.9 Å². The minimum absolute atomic E-state index is 0.159. The van der Waals surface area contributed by atoms with Crippen LogP contribution in [-0.2, 0) is 13.0 Å². The lowest BCUT2D eigenvalue weighted by Gasteiger charge is -2.06. The first kappa shape index (κ1) is 18.8. The molecule has 1 N–H and O–H groups in total. The number of nitrogens with one attached hydrogen (secondary N) is 1. The molecule has 0 spiro atoms. The van der Waals surface area contributed by atoms with Crippen molar-refractivity contribution in [3.05, 3.63) is 107 Å². The molecule has 3 aromatic heterocycles. The normalized spacial score (nSPS) is 11.0. The molecule has 0 radical (unpaired) electrons. The molecule has 5 nitrogen and oxygen atoms in total. The third kappa shape index (κ3) is 5.06. The molecule has 3 heterocycles. The fraction of sp³-hybridized carbons (Fsp3) is 0.0870. The van der Waals surface area contributed by atoms with Gasteiger partial charge in [0.25, 0.3) is 5.91 Å². The predicted octanol–water partition coefficient (Wildman–Crippen LogP) is 4.90. The standard InChI is InChI=1S/C23H20N4OS/c28-22(26-23-25-20(17-29-23)16-19-6-2-1-3-7-19)21-9-5-15-27(21)14-4-8-18-10-12-24-13-11-18/h1-13,15,17H,14,16H2,(H,25,26,28)/b8-4+. The van der Waals surface area contributed by atoms with Crippen LogP contribution in [0.15, 0.2) is 84.6 Å². The molecule has 0 atom stereocenters. The highest BCUT2D eigenvalue weighted by atomic mass is 32.1. The summed E-state index contributed by atoms with van der Waals surface area (Å²) in [6.07, 6.45) is 10.2. The molecule has 0 bridgehead atoms. The Hall–Kier alpha value is -3.51. The Labute approximate surface area is 173 Å². The van der Waals surface area contributed by atoms with Gasteiger partial charge in [0.2, 0.25) is 0 Å². The number of nitrogens with zero attached hydrogens (tertiary/aromatic N) is 3. The third-order valence-electron chi connectivity index (χ3n) is 4.38. The van der Waals surface area contributed by atoms with Gasteiger partial charge in [-0.25, -0.2) is 4.98 Å². The van der Waals surface area contributed by atoms with Gasteiger partial charge in [0.05, 0.1) is 5.69 Å². The number of thiazole rings is 1. The highest BCUT2D eigenvalue weighted by molar-refractivity contribution is 7.14. The maximum atomic E-state index is 12.7. The molecule has 0 saturated carbocycles. The molecule has 1 amide bonds. The summed E-state index contributed by atoms with van der Waals surface area (Å²) in [6.45, 7) is 0.606. The average molecular weight is 401 g/mol. The molecule has 6 heteroatoms. The van der Waals surface area contributed by atoms with Gasteiger partial charge >= 0.3 is 0 Å². The van der Waals surface area contributed by atoms with Crippen molar-refractivity contribution >= 4 is 28.5 Å². The Bertz CT molecular complexity index is 1100. The lowest BCUT2D eigenvalue weighted by molar-refractivity contribution is 0.101. The molecule has 0 aliphatic heterocycles. The zero-order valence-corrected chi connectivity index (χ0v) is 16.5. The number of carbonyl (C=O) groups is 1. The summed E-state index contributed by atoms with van der Waals surface area (Å²) in [7, 11) is 0. The number of pyridine rings is 1. The summed E-state index contributed by atoms with van der Waals surface area (Å²) in [5.74, 6) is -0.159. The summed E-state index contributed by atoms with van der Waals surface area (Å²) in [5.41, 5.74) is 3.83. The molecule has 0 fully saturated rings. The van der Waals surface area contributed by atoms with Crippen LogP contribution in [0.25, 0.3) is 6.08 Å². The average Bonchev–Trinajstić information content (AvgIpc) is 3.39. The summed E-state index contributed by atoms with van der Waals surface area (Å²) in [4.78, 5) is 21.3. The SMILES string of the molecule is O=C(Nc1nc(Cc2ccccc2)cs1)c1cccn1C/C=C/c1ccncc1. The highest BCUT2D eigenvalue weighted by Gasteiger charge is 2.12. The fourth-order valence-electron chi connectivity index (χ4n) is 2.97. The first-order valence-electron chi connectivity index (χ1n) is 9.29. The van der Waals surface area contributed by atoms with E-state index >= 15 is 0 Å². The van der Waals surface area contributed by atoms with E-state index in [0.29, 0.717) is 17.4 Å². The summed E-state index contributed by atoms with van der Waals surface area (Å²) in [6, 6.07) is 17.7. The van der Waals surface area contributed by atoms with Crippen molar-refractivity contribution in [2.45, 2.75) is 13.0 Å². The van der Waals surface area contributed by atoms with Gasteiger partial charge in [-0.2, -0.15) is 0 Å². The van der Waals surface area contributed by atoms with E-state index in [1.165, 1.54) is 16.9 Å². The number of benzene rings is 1. The van der Waals surface area contributed by atoms with Crippen LogP contribution in [0.5, 0.6) is 0 Å². The molecule has 29 heavy (non-hydrogen) atoms. The Balaban J connectivity index is 1.38. The van der Waals surface area contributed by atoms with Crippen LogP contribution in [0, 0.1) is 0 Å². The van der Waals surface area contributed by atoms with Crippen molar-refractivity contribution in [1.29, 1.82) is 0 Å². The van der Waals surface area contributed by atoms with Gasteiger partial charge in [-0.05, 0) is 35.4 Å². The van der Waals surface area contributed by atoms with E-state index in [0.717, 1.165) is 17.7 Å². The quantitative estimate of drug-likeness (QED) is 0.480. The second kappa shape index (κ2) is 9.12. The van der Waals surface area contributed by atoms with E-state index in [4.69, 9.17) is 0 Å². The van der Waals surface area contributed by atoms with Crippen LogP contribution in [0.3, 0.4) is 0 Å². The number of rotatable bonds is 7. The number of allylic oxidation sites excluding steroid dienone is 1. The molecule has 0 aliphatic rings. The maximum absolute atomic E-state index is 12.7. The number of anilines is 1. The first-order chi connectivity index (χ1) is 14.3. The van der Waals surface area contributed by atoms with Crippen LogP contribution in [0.1, 0.15) is 27.3 Å². The molecular formula is C23H20N4OS. The van der Waals surface area contributed by atoms with E-state index in [2.05, 4.69) is 27.4 Å². The molecule has 0 aliphatic carbocycles. The van der Waals surface area contributed by atoms with E-state index in [-0.39, 0.29) is 5.91 Å². The van der Waals surface area contributed by atoms with Crippen LogP contribution >= 0.6 is 11.3 Å². The third-order valence-corrected chi connectivity index (χ3v) is 5.19. The van der Waals surface area contributed by atoms with Crippen molar-refractivity contribution in [1.82, 2.24) is 14.5 Å². The largest absolute Gasteiger partial charge is 0.340 e. The minimum atomic E-state index is -0.159. The van der Waals surface area contributed by atoms with Crippen molar-refractivity contribution in [3.8, 4) is 0 Å². The number of aromatic nitrogens is 3. The van der Waals surface area contributed by atoms with Gasteiger partial charge in [-0.3, -0.25) is 15.1 Å². The number of hydrogen-bond acceptors (Lipinski definition) is 4. The molecule has 0 saturated heterocycles. The fourth-order valence-corrected chi connectivity index (χ4v) is 3.67. The van der Waals surface area contributed by atoms with Crippen molar-refractivity contribution in [2.75, 3.05) is 5.32 Å². The number of carbonyl (C=O) groups excluding carboxylic acids is 1. The summed E-state index contributed by atoms with van der Waals surface area (Å²) >= 11 is 1.44. The second-order valence-electron chi connectivity index (χ2n) is 6.49. The lowest BCUT2D eigenvalue weighted by Crippen LogP contribution is -2.16. The van der Waals surface area contributed by atoms with Gasteiger partial charge in [0.15, 0.2) is 5.13 Å². The van der Waals surface area contributed by atoms with Crippen molar-refractivity contribution in [3.63, 3.8) is 0 Å². The highest BCUT2D eigenvalue weighted by Crippen LogP contribution is 2.19. The first-order valence-corrected chi connectivity index (χ1v) is 10.2. The Kier molecular flexibility index (Phi) is 5.92. The van der Waals surface area contributed by atoms with Gasteiger partial charge in [-0.15, -0.1) is 11.3 Å². The number of hydrogen-bond donors (Lipinski definition) is 1. The summed E-state index contributed by atoms with van der Waals surface area (Å²) < 4.78 is 1.91. The maximum Gasteiger partial charge on any atom is 0.274 e. The molecule has 1 aromatic carbocycles. The van der Waals surface area contributed by atoms with E-state index in [1.54, 1.807) is 12.4 Å². The lowest BCUT2D eigenvalue weighted by atomic mass is 10.1. The number of amides is 1. The smallest absolute Gasteiger partial charge is 0.274 e. The minimum Gasteiger partial charge on any atom is -0.340 e. The van der Waals surface area contributed by atoms with E-state index in [9.17, 15) is 4.79 Å². The zero-order chi connectivity index (χ0) is 19.9. The van der Waals surface area contributed by atoms with Crippen molar-refractivity contribution in [2.24, 2.45) is 0 Å². The van der Waals surface area contributed by atoms with E-state index in [1.807, 2.05) is 70.8 Å². The summed E-state index contributed by atoms with van der Waals surface area (Å²) in [5, 5.41) is 5.51. The Morgan fingerprint density at radius 3 is 2.72 bits per heavy atom. The molecule has 144 valence electrons. The molecule has 4 rings (SSSR count). The topological polar surface area (TPSA) is 59.8 Å². The second-order valence-corrected chi connectivity index (χ2v) is 7.35. The Morgan fingerprint density at radius 1 is 1.07 bits per heavy atom. The van der Waals surface area contributed by atoms with Gasteiger partial charge < -0.3 is 4.57 Å².